The van der Waals surface area contributed by atoms with Crippen LogP contribution >= 0.6 is 0 Å². The number of benzene rings is 4. The van der Waals surface area contributed by atoms with Crippen molar-refractivity contribution in [2.75, 3.05) is 0 Å². The first kappa shape index (κ1) is 21.5. The first-order valence-corrected chi connectivity index (χ1v) is 10.3. The Morgan fingerprint density at radius 3 is 1.26 bits per heavy atom. The van der Waals surface area contributed by atoms with Gasteiger partial charge in [-0.25, -0.2) is 0 Å². The molecule has 0 bridgehead atoms. The summed E-state index contributed by atoms with van der Waals surface area (Å²) in [4.78, 5) is 0. The molecule has 5 rings (SSSR count). The van der Waals surface area contributed by atoms with Gasteiger partial charge in [-0.15, -0.1) is 0 Å². The van der Waals surface area contributed by atoms with E-state index >= 15 is 0 Å². The first-order valence-electron chi connectivity index (χ1n) is 10.3. The Morgan fingerprint density at radius 1 is 0.387 bits per heavy atom. The third kappa shape index (κ3) is 4.50. The Balaban J connectivity index is 0.00000231. The molecule has 142 valence electrons. The maximum atomic E-state index is 2.27. The third-order valence-electron chi connectivity index (χ3n) is 5.50. The molecule has 0 saturated heterocycles. The van der Waals surface area contributed by atoms with Gasteiger partial charge in [-0.2, -0.15) is 0 Å². The van der Waals surface area contributed by atoms with Crippen molar-refractivity contribution >= 4 is 36.5 Å². The van der Waals surface area contributed by atoms with E-state index in [-0.39, 0.29) is 29.6 Å². The predicted octanol–water partition coefficient (Wildman–Crippen LogP) is 7.04. The van der Waals surface area contributed by atoms with Crippen LogP contribution in [-0.2, 0) is 0 Å². The van der Waals surface area contributed by atoms with Gasteiger partial charge in [0, 0.05) is 0 Å². The SMILES string of the molecule is [NaH].b1cc(-c2ccccc2)c(-c2ccccc2)c(-c2ccccc2)c1-c1ccccc1. The molecule has 0 radical (unpaired) electrons. The van der Waals surface area contributed by atoms with Crippen LogP contribution in [0.3, 0.4) is 0 Å². The fourth-order valence-corrected chi connectivity index (χ4v) is 4.13. The monoisotopic (exact) mass is 404 g/mol. The Kier molecular flexibility index (Phi) is 6.99. The molecule has 0 unspecified atom stereocenters. The molecule has 1 heterocycles. The Bertz CT molecular complexity index is 1150. The van der Waals surface area contributed by atoms with E-state index < -0.39 is 0 Å². The minimum absolute atomic E-state index is 0. The van der Waals surface area contributed by atoms with E-state index in [4.69, 9.17) is 0 Å². The first-order chi connectivity index (χ1) is 14.9. The zero-order valence-electron chi connectivity index (χ0n) is 16.7. The van der Waals surface area contributed by atoms with Gasteiger partial charge in [0.1, 0.15) is 0 Å². The summed E-state index contributed by atoms with van der Waals surface area (Å²) < 4.78 is 0. The van der Waals surface area contributed by atoms with E-state index in [9.17, 15) is 0 Å². The maximum absolute atomic E-state index is 2.27. The summed E-state index contributed by atoms with van der Waals surface area (Å²) in [6.45, 7) is 2.27. The van der Waals surface area contributed by atoms with Gasteiger partial charge < -0.3 is 0 Å². The predicted molar refractivity (Wildman–Crippen MR) is 137 cm³/mol. The molecule has 0 aliphatic carbocycles. The van der Waals surface area contributed by atoms with E-state index in [1.54, 1.807) is 0 Å². The number of rotatable bonds is 4. The normalized spacial score (nSPS) is 10.2. The fourth-order valence-electron chi connectivity index (χ4n) is 4.13. The zero-order chi connectivity index (χ0) is 20.2. The summed E-state index contributed by atoms with van der Waals surface area (Å²) in [7, 11) is 0. The molecule has 1 aromatic heterocycles. The molecule has 2 heteroatoms. The molecule has 0 amide bonds. The molecule has 0 nitrogen and oxygen atoms in total. The van der Waals surface area contributed by atoms with Gasteiger partial charge in [0.2, 0.25) is 0 Å². The molecular formula is C29H22BNa. The topological polar surface area (TPSA) is 0 Å². The van der Waals surface area contributed by atoms with E-state index in [0.29, 0.717) is 0 Å². The van der Waals surface area contributed by atoms with Gasteiger partial charge in [-0.3, -0.25) is 0 Å². The molecule has 5 aromatic rings. The van der Waals surface area contributed by atoms with Crippen molar-refractivity contribution < 1.29 is 0 Å². The van der Waals surface area contributed by atoms with Gasteiger partial charge in [0.15, 0.2) is 0 Å². The minimum atomic E-state index is 0. The molecule has 31 heavy (non-hydrogen) atoms. The van der Waals surface area contributed by atoms with E-state index in [1.165, 1.54) is 44.4 Å². The summed E-state index contributed by atoms with van der Waals surface area (Å²) in [5, 5.41) is 0. The Labute approximate surface area is 207 Å². The van der Waals surface area contributed by atoms with Crippen molar-refractivity contribution in [3.8, 4) is 44.4 Å². The molecule has 0 saturated carbocycles. The zero-order valence-corrected chi connectivity index (χ0v) is 16.7. The van der Waals surface area contributed by atoms with Crippen molar-refractivity contribution in [2.45, 2.75) is 0 Å². The van der Waals surface area contributed by atoms with Gasteiger partial charge in [0.25, 0.3) is 0 Å². The van der Waals surface area contributed by atoms with E-state index in [1.807, 2.05) is 0 Å². The summed E-state index contributed by atoms with van der Waals surface area (Å²) in [6.07, 6.45) is 0. The van der Waals surface area contributed by atoms with Crippen molar-refractivity contribution in [1.82, 2.24) is 0 Å². The summed E-state index contributed by atoms with van der Waals surface area (Å²) in [5.74, 6) is 2.27. The summed E-state index contributed by atoms with van der Waals surface area (Å²) >= 11 is 0. The Hall–Kier alpha value is -2.71. The van der Waals surface area contributed by atoms with Crippen molar-refractivity contribution in [1.29, 1.82) is 0 Å². The van der Waals surface area contributed by atoms with Gasteiger partial charge in [-0.1, -0.05) is 0 Å². The van der Waals surface area contributed by atoms with E-state index in [2.05, 4.69) is 134 Å². The summed E-state index contributed by atoms with van der Waals surface area (Å²) in [6, 6.07) is 42.8. The quantitative estimate of drug-likeness (QED) is 0.282. The number of hydrogen-bond donors (Lipinski definition) is 0. The molecule has 0 aliphatic heterocycles. The Morgan fingerprint density at radius 2 is 0.774 bits per heavy atom. The summed E-state index contributed by atoms with van der Waals surface area (Å²) in [5.41, 5.74) is 9.96. The van der Waals surface area contributed by atoms with Crippen molar-refractivity contribution in [3.05, 3.63) is 127 Å². The fraction of sp³-hybridized carbons (Fsp3) is 0. The van der Waals surface area contributed by atoms with Gasteiger partial charge in [0.05, 0.1) is 0 Å². The van der Waals surface area contributed by atoms with Crippen LogP contribution in [0.5, 0.6) is 0 Å². The van der Waals surface area contributed by atoms with Crippen LogP contribution in [0.4, 0.5) is 0 Å². The number of hydrogen-bond acceptors (Lipinski definition) is 0. The van der Waals surface area contributed by atoms with Crippen LogP contribution in [0.15, 0.2) is 127 Å². The van der Waals surface area contributed by atoms with Crippen LogP contribution < -0.4 is 0 Å². The second kappa shape index (κ2) is 10.1. The molecular weight excluding hydrogens is 382 g/mol. The molecule has 0 aliphatic rings. The average Bonchev–Trinajstić information content (AvgIpc) is 2.85. The van der Waals surface area contributed by atoms with Crippen molar-refractivity contribution in [2.24, 2.45) is 0 Å². The van der Waals surface area contributed by atoms with Gasteiger partial charge in [-0.05, 0) is 0 Å². The average molecular weight is 404 g/mol. The second-order valence-corrected chi connectivity index (χ2v) is 7.37. The van der Waals surface area contributed by atoms with E-state index in [0.717, 1.165) is 0 Å². The van der Waals surface area contributed by atoms with Crippen LogP contribution in [0, 0.1) is 0 Å². The van der Waals surface area contributed by atoms with Crippen LogP contribution in [0.25, 0.3) is 44.4 Å². The molecule has 4 aromatic carbocycles. The van der Waals surface area contributed by atoms with Crippen LogP contribution in [0.1, 0.15) is 0 Å². The molecule has 0 spiro atoms. The molecule has 0 N–H and O–H groups in total. The standard InChI is InChI=1S/C29H21B.Na.H/c1-5-13-22(14-6-1)26-21-30-29(25-19-11-4-12-20-25)28(24-17-9-3-10-18-24)27(26)23-15-7-2-8-16-23;;/h1-21H;;. The molecule has 0 atom stereocenters. The third-order valence-corrected chi connectivity index (χ3v) is 5.50. The van der Waals surface area contributed by atoms with Crippen molar-refractivity contribution in [3.63, 3.8) is 0 Å². The van der Waals surface area contributed by atoms with Crippen LogP contribution in [0.2, 0.25) is 0 Å². The molecule has 0 fully saturated rings. The van der Waals surface area contributed by atoms with Crippen LogP contribution in [-0.4, -0.2) is 36.5 Å². The van der Waals surface area contributed by atoms with Gasteiger partial charge >= 0.3 is 208 Å². The second-order valence-electron chi connectivity index (χ2n) is 7.37.